The fourth-order valence-corrected chi connectivity index (χ4v) is 5.66. The zero-order valence-corrected chi connectivity index (χ0v) is 20.7. The number of nitrogens with one attached hydrogen (secondary N) is 1. The lowest BCUT2D eigenvalue weighted by molar-refractivity contribution is -0.0472. The lowest BCUT2D eigenvalue weighted by atomic mass is 9.84. The number of aliphatic hydroxyl groups excluding tert-OH is 2. The van der Waals surface area contributed by atoms with Crippen LogP contribution in [0.5, 0.6) is 5.75 Å². The van der Waals surface area contributed by atoms with Crippen molar-refractivity contribution in [2.45, 2.75) is 62.6 Å². The third-order valence-electron chi connectivity index (χ3n) is 7.66. The van der Waals surface area contributed by atoms with Crippen LogP contribution in [0.1, 0.15) is 49.8 Å². The van der Waals surface area contributed by atoms with Crippen LogP contribution in [0, 0.1) is 0 Å². The van der Waals surface area contributed by atoms with E-state index in [-0.39, 0.29) is 6.61 Å². The van der Waals surface area contributed by atoms with Gasteiger partial charge in [0.25, 0.3) is 0 Å². The lowest BCUT2D eigenvalue weighted by Gasteiger charge is -2.21. The maximum atomic E-state index is 11.0. The summed E-state index contributed by atoms with van der Waals surface area (Å²) < 4.78 is 13.9. The minimum atomic E-state index is -1.16. The van der Waals surface area contributed by atoms with E-state index in [2.05, 4.69) is 20.3 Å². The van der Waals surface area contributed by atoms with Crippen molar-refractivity contribution in [3.63, 3.8) is 0 Å². The van der Waals surface area contributed by atoms with Crippen LogP contribution in [0.15, 0.2) is 42.9 Å². The first kappa shape index (κ1) is 23.9. The Labute approximate surface area is 214 Å². The van der Waals surface area contributed by atoms with Crippen molar-refractivity contribution >= 4 is 33.6 Å². The van der Waals surface area contributed by atoms with Crippen LogP contribution in [0.2, 0.25) is 0 Å². The number of anilines is 2. The van der Waals surface area contributed by atoms with Crippen LogP contribution in [-0.2, 0) is 4.74 Å². The summed E-state index contributed by atoms with van der Waals surface area (Å²) in [6.45, 7) is 0.0672. The van der Waals surface area contributed by atoms with Crippen molar-refractivity contribution in [1.82, 2.24) is 19.5 Å². The number of aromatic nitrogens is 4. The van der Waals surface area contributed by atoms with Gasteiger partial charge >= 0.3 is 0 Å². The number of pyridine rings is 1. The van der Waals surface area contributed by atoms with Gasteiger partial charge in [0.1, 0.15) is 54.3 Å². The predicted molar refractivity (Wildman–Crippen MR) is 140 cm³/mol. The molecule has 0 radical (unpaired) electrons. The van der Waals surface area contributed by atoms with Crippen LogP contribution in [0.25, 0.3) is 21.9 Å². The summed E-state index contributed by atoms with van der Waals surface area (Å²) in [5, 5.41) is 26.7. The van der Waals surface area contributed by atoms with Gasteiger partial charge in [-0.1, -0.05) is 19.3 Å². The Bertz CT molecular complexity index is 1420. The highest BCUT2D eigenvalue weighted by Crippen LogP contribution is 2.41. The Kier molecular flexibility index (Phi) is 6.31. The summed E-state index contributed by atoms with van der Waals surface area (Å²) in [6.07, 6.45) is 5.30. The topological polar surface area (TPSA) is 141 Å². The van der Waals surface area contributed by atoms with Crippen LogP contribution in [0.3, 0.4) is 0 Å². The predicted octanol–water partition coefficient (Wildman–Crippen LogP) is 3.35. The fraction of sp³-hybridized carbons (Fsp3) is 0.444. The van der Waals surface area contributed by atoms with Crippen molar-refractivity contribution in [3.8, 4) is 5.75 Å². The molecule has 1 saturated carbocycles. The number of nitrogen functional groups attached to an aromatic ring is 1. The van der Waals surface area contributed by atoms with E-state index in [1.54, 1.807) is 4.57 Å². The Hall–Kier alpha value is -3.47. The van der Waals surface area contributed by atoms with E-state index in [4.69, 9.17) is 15.2 Å². The SMILES string of the molecule is CNc1ccc2ccc(OC[C@H]3O[C@@H](n4cc(C5CCCCC5)c5c(N)ncnc54)[C@H](O)[C@@H]3O)cc2n1. The molecule has 2 aliphatic rings. The Morgan fingerprint density at radius 2 is 1.92 bits per heavy atom. The number of fused-ring (bicyclic) bond motifs is 2. The molecule has 194 valence electrons. The summed E-state index contributed by atoms with van der Waals surface area (Å²) in [5.74, 6) is 2.15. The highest BCUT2D eigenvalue weighted by Gasteiger charge is 2.45. The number of aliphatic hydroxyl groups is 2. The smallest absolute Gasteiger partial charge is 0.164 e. The molecule has 4 atom stereocenters. The Morgan fingerprint density at radius 1 is 1.11 bits per heavy atom. The average Bonchev–Trinajstić information content (AvgIpc) is 3.45. The number of ether oxygens (including phenoxy) is 2. The van der Waals surface area contributed by atoms with Crippen molar-refractivity contribution in [1.29, 1.82) is 0 Å². The first-order valence-electron chi connectivity index (χ1n) is 12.9. The normalized spacial score (nSPS) is 24.6. The number of hydrogen-bond donors (Lipinski definition) is 4. The maximum Gasteiger partial charge on any atom is 0.164 e. The van der Waals surface area contributed by atoms with Gasteiger partial charge in [0, 0.05) is 24.7 Å². The van der Waals surface area contributed by atoms with Gasteiger partial charge in [-0.3, -0.25) is 0 Å². The van der Waals surface area contributed by atoms with Crippen molar-refractivity contribution in [3.05, 3.63) is 48.4 Å². The minimum Gasteiger partial charge on any atom is -0.491 e. The summed E-state index contributed by atoms with van der Waals surface area (Å²) in [6, 6.07) is 9.54. The molecular formula is C27H32N6O4. The van der Waals surface area contributed by atoms with Gasteiger partial charge in [0.2, 0.25) is 0 Å². The van der Waals surface area contributed by atoms with Crippen molar-refractivity contribution < 1.29 is 19.7 Å². The van der Waals surface area contributed by atoms with E-state index in [0.29, 0.717) is 23.1 Å². The first-order valence-corrected chi connectivity index (χ1v) is 12.9. The van der Waals surface area contributed by atoms with E-state index >= 15 is 0 Å². The fourth-order valence-electron chi connectivity index (χ4n) is 5.66. The molecule has 0 amide bonds. The summed E-state index contributed by atoms with van der Waals surface area (Å²) in [7, 11) is 1.82. The molecule has 0 unspecified atom stereocenters. The number of nitrogens with zero attached hydrogens (tertiary/aromatic N) is 4. The standard InChI is InChI=1S/C27H32N6O4/c1-29-21-10-8-16-7-9-17(11-19(16)32-21)36-13-20-23(34)24(35)27(37-20)33-12-18(15-5-3-2-4-6-15)22-25(28)30-14-31-26(22)33/h7-12,14-15,20,23-24,27,34-35H,2-6,13H2,1H3,(H,29,32)(H2,28,30,31)/t20-,23-,24-,27-/m1/s1. The van der Waals surface area contributed by atoms with E-state index in [1.165, 1.54) is 25.6 Å². The molecule has 3 aromatic heterocycles. The highest BCUT2D eigenvalue weighted by molar-refractivity contribution is 5.90. The van der Waals surface area contributed by atoms with Crippen molar-refractivity contribution in [2.75, 3.05) is 24.7 Å². The Morgan fingerprint density at radius 3 is 2.73 bits per heavy atom. The molecule has 0 spiro atoms. The quantitative estimate of drug-likeness (QED) is 0.311. The second-order valence-corrected chi connectivity index (χ2v) is 9.94. The van der Waals surface area contributed by atoms with Crippen LogP contribution < -0.4 is 15.8 Å². The summed E-state index contributed by atoms with van der Waals surface area (Å²) in [4.78, 5) is 13.3. The molecule has 1 saturated heterocycles. The van der Waals surface area contributed by atoms with E-state index in [9.17, 15) is 10.2 Å². The van der Waals surface area contributed by atoms with Crippen LogP contribution >= 0.6 is 0 Å². The van der Waals surface area contributed by atoms with Crippen molar-refractivity contribution in [2.24, 2.45) is 0 Å². The van der Waals surface area contributed by atoms with Gasteiger partial charge in [0.15, 0.2) is 6.23 Å². The highest BCUT2D eigenvalue weighted by atomic mass is 16.6. The molecule has 1 aliphatic heterocycles. The zero-order valence-electron chi connectivity index (χ0n) is 20.7. The second-order valence-electron chi connectivity index (χ2n) is 9.94. The molecule has 2 fully saturated rings. The van der Waals surface area contributed by atoms with Crippen LogP contribution in [-0.4, -0.2) is 61.7 Å². The van der Waals surface area contributed by atoms with E-state index < -0.39 is 24.5 Å². The molecule has 5 N–H and O–H groups in total. The van der Waals surface area contributed by atoms with E-state index in [1.807, 2.05) is 43.6 Å². The molecule has 4 aromatic rings. The first-order chi connectivity index (χ1) is 18.0. The molecule has 10 nitrogen and oxygen atoms in total. The Balaban J connectivity index is 1.24. The van der Waals surface area contributed by atoms with Gasteiger partial charge in [0.05, 0.1) is 10.9 Å². The molecule has 37 heavy (non-hydrogen) atoms. The number of nitrogens with two attached hydrogens (primary N) is 1. The van der Waals surface area contributed by atoms with Gasteiger partial charge < -0.3 is 35.3 Å². The third-order valence-corrected chi connectivity index (χ3v) is 7.66. The van der Waals surface area contributed by atoms with Gasteiger partial charge in [-0.25, -0.2) is 15.0 Å². The largest absolute Gasteiger partial charge is 0.491 e. The molecular weight excluding hydrogens is 472 g/mol. The molecule has 10 heteroatoms. The molecule has 6 rings (SSSR count). The number of hydrogen-bond acceptors (Lipinski definition) is 9. The summed E-state index contributed by atoms with van der Waals surface area (Å²) in [5.41, 5.74) is 8.77. The zero-order chi connectivity index (χ0) is 25.5. The average molecular weight is 505 g/mol. The summed E-state index contributed by atoms with van der Waals surface area (Å²) >= 11 is 0. The molecule has 1 aromatic carbocycles. The molecule has 4 heterocycles. The van der Waals surface area contributed by atoms with E-state index in [0.717, 1.165) is 40.5 Å². The molecule has 0 bridgehead atoms. The van der Waals surface area contributed by atoms with Gasteiger partial charge in [-0.15, -0.1) is 0 Å². The minimum absolute atomic E-state index is 0.0672. The van der Waals surface area contributed by atoms with Gasteiger partial charge in [-0.05, 0) is 48.6 Å². The lowest BCUT2D eigenvalue weighted by Crippen LogP contribution is -2.34. The monoisotopic (exact) mass is 504 g/mol. The number of rotatable bonds is 6. The van der Waals surface area contributed by atoms with Gasteiger partial charge in [-0.2, -0.15) is 0 Å². The third kappa shape index (κ3) is 4.35. The maximum absolute atomic E-state index is 11.0. The second kappa shape index (κ2) is 9.77. The number of benzene rings is 1. The van der Waals surface area contributed by atoms with Crippen LogP contribution in [0.4, 0.5) is 11.6 Å². The molecule has 1 aliphatic carbocycles.